The Hall–Kier alpha value is -7.75. The first-order valence-corrected chi connectivity index (χ1v) is 25.8. The SMILES string of the molecule is C=C(C)c1cccc(C(=C)CCC(CCC(=C)c2cccc(C(=C)C)c2)CC(=C)c2cccc(C(C)=O)c2)c1.C=C(C)c1cccc(OCCC(COC(=C)c2cccc(C(=C)C)c2)CC(=C)c2ccccc2)c1. The summed E-state index contributed by atoms with van der Waals surface area (Å²) in [5, 5.41) is 0. The molecule has 0 N–H and O–H groups in total. The van der Waals surface area contributed by atoms with E-state index in [2.05, 4.69) is 132 Å². The average molecular weight is 979 g/mol. The summed E-state index contributed by atoms with van der Waals surface area (Å²) < 4.78 is 12.3. The highest BCUT2D eigenvalue weighted by molar-refractivity contribution is 5.95. The molecule has 0 aliphatic carbocycles. The van der Waals surface area contributed by atoms with Gasteiger partial charge in [-0.25, -0.2) is 0 Å². The van der Waals surface area contributed by atoms with Crippen LogP contribution in [0, 0.1) is 11.8 Å². The summed E-state index contributed by atoms with van der Waals surface area (Å²) in [6, 6.07) is 51.3. The van der Waals surface area contributed by atoms with Crippen molar-refractivity contribution >= 4 is 56.1 Å². The van der Waals surface area contributed by atoms with E-state index in [0.717, 1.165) is 140 Å². The number of rotatable bonds is 27. The molecule has 6 aromatic carbocycles. The molecule has 0 bridgehead atoms. The van der Waals surface area contributed by atoms with Gasteiger partial charge >= 0.3 is 0 Å². The Morgan fingerprint density at radius 3 is 1.27 bits per heavy atom. The molecule has 380 valence electrons. The summed E-state index contributed by atoms with van der Waals surface area (Å²) in [5.74, 6) is 2.23. The van der Waals surface area contributed by atoms with Crippen molar-refractivity contribution in [3.05, 3.63) is 267 Å². The lowest BCUT2D eigenvalue weighted by Crippen LogP contribution is -2.14. The predicted octanol–water partition coefficient (Wildman–Crippen LogP) is 19.9. The van der Waals surface area contributed by atoms with Crippen molar-refractivity contribution in [1.29, 1.82) is 0 Å². The molecular weight excluding hydrogens is 901 g/mol. The number of allylic oxidation sites excluding steroid dienone is 8. The predicted molar refractivity (Wildman–Crippen MR) is 323 cm³/mol. The number of carbonyl (C=O) groups excluding carboxylic acids is 1. The Labute approximate surface area is 445 Å². The molecule has 3 nitrogen and oxygen atoms in total. The first kappa shape index (κ1) is 57.2. The van der Waals surface area contributed by atoms with Gasteiger partial charge in [0, 0.05) is 17.0 Å². The molecule has 0 aliphatic rings. The minimum Gasteiger partial charge on any atom is -0.494 e. The Bertz CT molecular complexity index is 2930. The number of ether oxygens (including phenoxy) is 2. The molecule has 0 fully saturated rings. The topological polar surface area (TPSA) is 35.5 Å². The van der Waals surface area contributed by atoms with E-state index in [4.69, 9.17) is 9.47 Å². The standard InChI is InChI=1S/C38H42O.C33H36O2/c1-26(2)33-12-9-14-35(23-33)28(5)18-20-32(22-30(7)37-16-11-17-38(25-37)31(8)39)21-19-29(6)36-15-10-13-34(24-36)27(3)4;1-24(2)30-14-10-16-32(21-30)27(6)35-23-28(20-26(5)29-12-8-7-9-13-29)18-19-34-33-17-11-15-31(22-33)25(3)4/h9-17,23-25,32H,1,3,5-7,18-22H2,2,4,8H3;7-17,21-22,28H,1,3,5-6,18-20,23H2,2,4H3. The Morgan fingerprint density at radius 2 is 0.770 bits per heavy atom. The van der Waals surface area contributed by atoms with E-state index in [1.54, 1.807) is 6.92 Å². The van der Waals surface area contributed by atoms with E-state index in [1.807, 2.05) is 107 Å². The largest absolute Gasteiger partial charge is 0.494 e. The second-order valence-corrected chi connectivity index (χ2v) is 19.9. The van der Waals surface area contributed by atoms with Gasteiger partial charge in [0.25, 0.3) is 0 Å². The van der Waals surface area contributed by atoms with E-state index in [-0.39, 0.29) is 11.7 Å². The van der Waals surface area contributed by atoms with Crippen molar-refractivity contribution in [3.8, 4) is 5.75 Å². The molecule has 74 heavy (non-hydrogen) atoms. The minimum absolute atomic E-state index is 0.0720. The van der Waals surface area contributed by atoms with Gasteiger partial charge in [0.1, 0.15) is 11.5 Å². The van der Waals surface area contributed by atoms with Crippen LogP contribution in [0.3, 0.4) is 0 Å². The highest BCUT2D eigenvalue weighted by atomic mass is 16.5. The fraction of sp³-hybridized carbons (Fsp3) is 0.225. The summed E-state index contributed by atoms with van der Waals surface area (Å²) in [6.07, 6.45) is 6.33. The van der Waals surface area contributed by atoms with E-state index in [1.165, 1.54) is 11.1 Å². The second kappa shape index (κ2) is 28.5. The van der Waals surface area contributed by atoms with Crippen LogP contribution in [0.5, 0.6) is 5.75 Å². The van der Waals surface area contributed by atoms with Crippen LogP contribution in [0.1, 0.15) is 140 Å². The second-order valence-electron chi connectivity index (χ2n) is 19.9. The van der Waals surface area contributed by atoms with Crippen LogP contribution in [-0.4, -0.2) is 19.0 Å². The molecule has 1 atom stereocenters. The first-order chi connectivity index (χ1) is 35.4. The van der Waals surface area contributed by atoms with Gasteiger partial charge < -0.3 is 9.47 Å². The number of hydrogen-bond donors (Lipinski definition) is 0. The highest BCUT2D eigenvalue weighted by Gasteiger charge is 2.17. The maximum atomic E-state index is 11.9. The van der Waals surface area contributed by atoms with Crippen molar-refractivity contribution in [2.45, 2.75) is 79.6 Å². The van der Waals surface area contributed by atoms with E-state index in [9.17, 15) is 4.79 Å². The van der Waals surface area contributed by atoms with Crippen LogP contribution >= 0.6 is 0 Å². The van der Waals surface area contributed by atoms with Gasteiger partial charge in [0.15, 0.2) is 5.78 Å². The summed E-state index contributed by atoms with van der Waals surface area (Å²) in [4.78, 5) is 11.9. The molecule has 0 aliphatic heterocycles. The lowest BCUT2D eigenvalue weighted by Gasteiger charge is -2.21. The van der Waals surface area contributed by atoms with Gasteiger partial charge in [-0.15, -0.1) is 0 Å². The van der Waals surface area contributed by atoms with E-state index < -0.39 is 0 Å². The summed E-state index contributed by atoms with van der Waals surface area (Å²) in [5.41, 5.74) is 19.3. The van der Waals surface area contributed by atoms with Gasteiger partial charge in [-0.3, -0.25) is 4.79 Å². The van der Waals surface area contributed by atoms with Crippen LogP contribution in [0.15, 0.2) is 211 Å². The zero-order valence-electron chi connectivity index (χ0n) is 45.0. The van der Waals surface area contributed by atoms with E-state index in [0.29, 0.717) is 24.9 Å². The molecule has 0 saturated carbocycles. The van der Waals surface area contributed by atoms with E-state index >= 15 is 0 Å². The highest BCUT2D eigenvalue weighted by Crippen LogP contribution is 2.34. The maximum absolute atomic E-state index is 11.9. The maximum Gasteiger partial charge on any atom is 0.159 e. The zero-order valence-corrected chi connectivity index (χ0v) is 45.0. The smallest absolute Gasteiger partial charge is 0.159 e. The zero-order chi connectivity index (χ0) is 53.7. The van der Waals surface area contributed by atoms with Crippen LogP contribution in [0.25, 0.3) is 50.3 Å². The van der Waals surface area contributed by atoms with Gasteiger partial charge in [-0.05, 0) is 189 Å². The third-order valence-corrected chi connectivity index (χ3v) is 13.5. The molecular formula is C71H78O3. The van der Waals surface area contributed by atoms with Gasteiger partial charge in [0.05, 0.1) is 13.2 Å². The lowest BCUT2D eigenvalue weighted by molar-refractivity contribution is 0.101. The van der Waals surface area contributed by atoms with Crippen LogP contribution < -0.4 is 4.74 Å². The number of benzene rings is 6. The number of hydrogen-bond acceptors (Lipinski definition) is 3. The van der Waals surface area contributed by atoms with Crippen molar-refractivity contribution < 1.29 is 14.3 Å². The van der Waals surface area contributed by atoms with Crippen molar-refractivity contribution in [3.63, 3.8) is 0 Å². The fourth-order valence-electron chi connectivity index (χ4n) is 8.67. The summed E-state index contributed by atoms with van der Waals surface area (Å²) >= 11 is 0. The van der Waals surface area contributed by atoms with Crippen molar-refractivity contribution in [2.75, 3.05) is 13.2 Å². The quantitative estimate of drug-likeness (QED) is 0.0381. The molecule has 0 radical (unpaired) electrons. The molecule has 6 aromatic rings. The molecule has 6 rings (SSSR count). The molecule has 1 unspecified atom stereocenters. The first-order valence-electron chi connectivity index (χ1n) is 25.8. The van der Waals surface area contributed by atoms with Crippen LogP contribution in [0.2, 0.25) is 0 Å². The van der Waals surface area contributed by atoms with Crippen molar-refractivity contribution in [1.82, 2.24) is 0 Å². The number of ketones is 1. The Kier molecular flexibility index (Phi) is 22.0. The third kappa shape index (κ3) is 18.1. The summed E-state index contributed by atoms with van der Waals surface area (Å²) in [7, 11) is 0. The normalized spacial score (nSPS) is 11.1. The molecule has 0 spiro atoms. The van der Waals surface area contributed by atoms with Gasteiger partial charge in [0.2, 0.25) is 0 Å². The molecule has 0 amide bonds. The monoisotopic (exact) mass is 979 g/mol. The number of carbonyl (C=O) groups is 1. The van der Waals surface area contributed by atoms with Gasteiger partial charge in [-0.1, -0.05) is 197 Å². The number of Topliss-reactive ketones (excluding diaryl/α,β-unsaturated/α-hetero) is 1. The van der Waals surface area contributed by atoms with Crippen LogP contribution in [0.4, 0.5) is 0 Å². The minimum atomic E-state index is 0.0720. The van der Waals surface area contributed by atoms with Crippen molar-refractivity contribution in [2.24, 2.45) is 11.8 Å². The van der Waals surface area contributed by atoms with Crippen LogP contribution in [-0.2, 0) is 4.74 Å². The molecule has 3 heteroatoms. The molecule has 0 heterocycles. The Morgan fingerprint density at radius 1 is 0.392 bits per heavy atom. The Balaban J connectivity index is 0.000000276. The van der Waals surface area contributed by atoms with Gasteiger partial charge in [-0.2, -0.15) is 0 Å². The molecule has 0 saturated heterocycles. The fourth-order valence-corrected chi connectivity index (χ4v) is 8.67. The molecule has 0 aromatic heterocycles. The average Bonchev–Trinajstić information content (AvgIpc) is 3.41. The lowest BCUT2D eigenvalue weighted by atomic mass is 9.84. The summed E-state index contributed by atoms with van der Waals surface area (Å²) in [6.45, 7) is 48.8. The third-order valence-electron chi connectivity index (χ3n) is 13.5.